The van der Waals surface area contributed by atoms with Gasteiger partial charge in [0.05, 0.1) is 18.1 Å². The maximum absolute atomic E-state index is 13.4. The topological polar surface area (TPSA) is 72.9 Å². The molecule has 1 aliphatic rings. The third kappa shape index (κ3) is 6.95. The molecule has 4 atom stereocenters. The van der Waals surface area contributed by atoms with Gasteiger partial charge in [-0.15, -0.1) is 12.6 Å². The number of likely N-dealkylation sites (tertiary alicyclic amines) is 1. The molecule has 0 N–H and O–H groups in total. The number of thiol groups is 1. The number of hydrogen-bond donors (Lipinski definition) is 1. The summed E-state index contributed by atoms with van der Waals surface area (Å²) in [5, 5.41) is -0.276. The van der Waals surface area contributed by atoms with Gasteiger partial charge >= 0.3 is 5.97 Å². The summed E-state index contributed by atoms with van der Waals surface area (Å²) in [6, 6.07) is 9.26. The number of β-lactam (4-membered cyclic amide) rings is 1. The van der Waals surface area contributed by atoms with Gasteiger partial charge < -0.3 is 14.1 Å². The first-order valence-electron chi connectivity index (χ1n) is 11.9. The van der Waals surface area contributed by atoms with Crippen LogP contribution in [0.2, 0.25) is 18.1 Å². The molecule has 0 spiro atoms. The van der Waals surface area contributed by atoms with Crippen molar-refractivity contribution in [2.75, 3.05) is 6.54 Å². The van der Waals surface area contributed by atoms with Gasteiger partial charge in [-0.25, -0.2) is 0 Å². The molecule has 0 saturated carbocycles. The van der Waals surface area contributed by atoms with Crippen molar-refractivity contribution in [1.82, 2.24) is 4.90 Å². The number of nitrogens with zero attached hydrogens (tertiary/aromatic N) is 1. The zero-order valence-electron chi connectivity index (χ0n) is 22.0. The van der Waals surface area contributed by atoms with Gasteiger partial charge in [0.2, 0.25) is 5.91 Å². The van der Waals surface area contributed by atoms with E-state index in [-0.39, 0.29) is 47.1 Å². The van der Waals surface area contributed by atoms with Crippen molar-refractivity contribution in [3.63, 3.8) is 0 Å². The number of benzene rings is 1. The van der Waals surface area contributed by atoms with E-state index in [9.17, 15) is 14.4 Å². The van der Waals surface area contributed by atoms with Crippen molar-refractivity contribution in [1.29, 1.82) is 0 Å². The smallest absolute Gasteiger partial charge is 0.326 e. The Labute approximate surface area is 211 Å². The third-order valence-corrected chi connectivity index (χ3v) is 11.6. The maximum atomic E-state index is 13.4. The summed E-state index contributed by atoms with van der Waals surface area (Å²) in [6.45, 7) is 18.0. The normalized spacial score (nSPS) is 21.0. The van der Waals surface area contributed by atoms with Crippen LogP contribution in [0.3, 0.4) is 0 Å². The van der Waals surface area contributed by atoms with Gasteiger partial charge in [0, 0.05) is 12.3 Å². The fourth-order valence-corrected chi connectivity index (χ4v) is 5.90. The Bertz CT molecular complexity index is 891. The highest BCUT2D eigenvalue weighted by molar-refractivity contribution is 7.96. The Hall–Kier alpha value is -1.64. The summed E-state index contributed by atoms with van der Waals surface area (Å²) >= 11 is 4.05. The number of esters is 1. The second-order valence-electron chi connectivity index (χ2n) is 11.8. The molecule has 0 radical (unpaired) electrons. The molecule has 8 heteroatoms. The second kappa shape index (κ2) is 10.5. The molecule has 1 fully saturated rings. The van der Waals surface area contributed by atoms with E-state index in [1.165, 1.54) is 0 Å². The van der Waals surface area contributed by atoms with E-state index in [0.717, 1.165) is 5.56 Å². The second-order valence-corrected chi connectivity index (χ2v) is 17.0. The molecule has 1 heterocycles. The lowest BCUT2D eigenvalue weighted by atomic mass is 9.72. The molecule has 1 aromatic carbocycles. The molecule has 2 rings (SSSR count). The molecule has 1 aromatic rings. The summed E-state index contributed by atoms with van der Waals surface area (Å²) in [5.74, 6) is -1.38. The third-order valence-electron chi connectivity index (χ3n) is 6.84. The molecule has 0 aromatic heterocycles. The van der Waals surface area contributed by atoms with Crippen LogP contribution in [0.15, 0.2) is 30.3 Å². The highest BCUT2D eigenvalue weighted by Crippen LogP contribution is 2.45. The fourth-order valence-electron chi connectivity index (χ4n) is 4.28. The summed E-state index contributed by atoms with van der Waals surface area (Å²) < 4.78 is 12.1. The molecule has 190 valence electrons. The fraction of sp³-hybridized carbons (Fsp3) is 0.654. The first-order valence-corrected chi connectivity index (χ1v) is 15.3. The van der Waals surface area contributed by atoms with Crippen LogP contribution in [-0.2, 0) is 23.5 Å². The van der Waals surface area contributed by atoms with Crippen molar-refractivity contribution >= 4 is 37.9 Å². The molecule has 0 bridgehead atoms. The highest BCUT2D eigenvalue weighted by atomic mass is 32.1. The van der Waals surface area contributed by atoms with Gasteiger partial charge in [0.1, 0.15) is 12.1 Å². The van der Waals surface area contributed by atoms with Crippen molar-refractivity contribution < 1.29 is 23.5 Å². The number of carbonyl (C=O) groups is 3. The van der Waals surface area contributed by atoms with Crippen LogP contribution in [0.4, 0.5) is 0 Å². The van der Waals surface area contributed by atoms with Crippen LogP contribution in [0.25, 0.3) is 0 Å². The molecule has 34 heavy (non-hydrogen) atoms. The molecule has 0 unspecified atom stereocenters. The molecule has 1 aliphatic heterocycles. The van der Waals surface area contributed by atoms with Gasteiger partial charge in [-0.1, -0.05) is 51.1 Å². The number of ether oxygens (including phenoxy) is 1. The molecule has 1 saturated heterocycles. The van der Waals surface area contributed by atoms with Gasteiger partial charge in [-0.2, -0.15) is 0 Å². The number of amides is 1. The van der Waals surface area contributed by atoms with Crippen LogP contribution in [-0.4, -0.2) is 54.5 Å². The van der Waals surface area contributed by atoms with Crippen LogP contribution in [0.5, 0.6) is 0 Å². The van der Waals surface area contributed by atoms with Crippen molar-refractivity contribution in [2.45, 2.75) is 96.7 Å². The Morgan fingerprint density at radius 1 is 1.09 bits per heavy atom. The lowest BCUT2D eigenvalue weighted by Crippen LogP contribution is -2.68. The number of hydrogen-bond acceptors (Lipinski definition) is 5. The zero-order chi connectivity index (χ0) is 26.1. The van der Waals surface area contributed by atoms with E-state index in [1.807, 2.05) is 37.3 Å². The quantitative estimate of drug-likeness (QED) is 0.215. The minimum absolute atomic E-state index is 0.0142. The Balaban J connectivity index is 2.43. The van der Waals surface area contributed by atoms with E-state index in [0.29, 0.717) is 0 Å². The number of rotatable bonds is 9. The van der Waals surface area contributed by atoms with E-state index in [4.69, 9.17) is 9.16 Å². The van der Waals surface area contributed by atoms with Gasteiger partial charge in [0.15, 0.2) is 13.4 Å². The zero-order valence-corrected chi connectivity index (χ0v) is 23.9. The molecule has 6 nitrogen and oxygen atoms in total. The minimum atomic E-state index is -2.15. The maximum Gasteiger partial charge on any atom is 0.326 e. The van der Waals surface area contributed by atoms with E-state index in [2.05, 4.69) is 46.5 Å². The molecular formula is C26H41NO5SSi. The first kappa shape index (κ1) is 28.6. The van der Waals surface area contributed by atoms with Crippen molar-refractivity contribution in [3.05, 3.63) is 35.9 Å². The van der Waals surface area contributed by atoms with Crippen LogP contribution in [0, 0.1) is 5.92 Å². The first-order chi connectivity index (χ1) is 15.4. The molecule has 0 aliphatic carbocycles. The summed E-state index contributed by atoms with van der Waals surface area (Å²) in [4.78, 5) is 39.8. The summed E-state index contributed by atoms with van der Waals surface area (Å²) in [6.07, 6.45) is -0.200. The van der Waals surface area contributed by atoms with Crippen LogP contribution >= 0.6 is 12.6 Å². The average molecular weight is 508 g/mol. The lowest BCUT2D eigenvalue weighted by molar-refractivity contribution is -0.176. The van der Waals surface area contributed by atoms with E-state index < -0.39 is 25.8 Å². The molecular weight excluding hydrogens is 466 g/mol. The largest absolute Gasteiger partial charge is 0.459 e. The van der Waals surface area contributed by atoms with E-state index in [1.54, 1.807) is 25.7 Å². The van der Waals surface area contributed by atoms with Crippen LogP contribution in [0.1, 0.15) is 66.4 Å². The van der Waals surface area contributed by atoms with Crippen molar-refractivity contribution in [3.8, 4) is 0 Å². The highest BCUT2D eigenvalue weighted by Gasteiger charge is 2.56. The van der Waals surface area contributed by atoms with Crippen LogP contribution < -0.4 is 0 Å². The Morgan fingerprint density at radius 3 is 2.12 bits per heavy atom. The van der Waals surface area contributed by atoms with Gasteiger partial charge in [-0.05, 0) is 51.4 Å². The summed E-state index contributed by atoms with van der Waals surface area (Å²) in [5.41, 5.74) is 0.277. The predicted octanol–water partition coefficient (Wildman–Crippen LogP) is 5.20. The minimum Gasteiger partial charge on any atom is -0.459 e. The average Bonchev–Trinajstić information content (AvgIpc) is 2.66. The monoisotopic (exact) mass is 507 g/mol. The molecule has 1 amide bonds. The van der Waals surface area contributed by atoms with E-state index >= 15 is 0 Å². The standard InChI is InChI=1S/C26H41NO5SSi/c1-17(32-34(8,9)26(5,6)7)22-23(19(15-21(29)33)18-13-11-10-12-14-18)27(24(22)30)16-20(28)31-25(2,3)4/h10-14,17,19,22-23H,15-16H2,1-9H3,(H,29,33)/t17-,19-,22-,23+/m1/s1. The lowest BCUT2D eigenvalue weighted by Gasteiger charge is -2.53. The predicted molar refractivity (Wildman–Crippen MR) is 140 cm³/mol. The van der Waals surface area contributed by atoms with Gasteiger partial charge in [-0.3, -0.25) is 14.4 Å². The Morgan fingerprint density at radius 2 is 1.65 bits per heavy atom. The van der Waals surface area contributed by atoms with Crippen molar-refractivity contribution in [2.24, 2.45) is 5.92 Å². The number of carbonyl (C=O) groups excluding carboxylic acids is 3. The Kier molecular flexibility index (Phi) is 8.87. The van der Waals surface area contributed by atoms with Gasteiger partial charge in [0.25, 0.3) is 0 Å². The summed E-state index contributed by atoms with van der Waals surface area (Å²) in [7, 11) is -2.15. The SMILES string of the molecule is C[C@@H](O[Si](C)(C)C(C)(C)C)[C@H]1C(=O)N(CC(=O)OC(C)(C)C)[C@H]1[C@H](CC(=O)S)c1ccccc1.